The van der Waals surface area contributed by atoms with Crippen molar-refractivity contribution in [3.05, 3.63) is 47.5 Å². The minimum atomic E-state index is -0.137. The molecular weight excluding hydrogens is 165 g/mol. The Morgan fingerprint density at radius 1 is 1.31 bits per heavy atom. The maximum Gasteiger partial charge on any atom is 0.127 e. The Balaban J connectivity index is 2.27. The molecule has 0 amide bonds. The van der Waals surface area contributed by atoms with Gasteiger partial charge >= 0.3 is 0 Å². The third-order valence-corrected chi connectivity index (χ3v) is 2.11. The summed E-state index contributed by atoms with van der Waals surface area (Å²) < 4.78 is 13.4. The van der Waals surface area contributed by atoms with Gasteiger partial charge in [-0.3, -0.25) is 4.99 Å². The van der Waals surface area contributed by atoms with Gasteiger partial charge in [0.25, 0.3) is 0 Å². The Bertz CT molecular complexity index is 356. The first-order chi connectivity index (χ1) is 6.38. The van der Waals surface area contributed by atoms with Gasteiger partial charge < -0.3 is 0 Å². The van der Waals surface area contributed by atoms with E-state index in [9.17, 15) is 4.39 Å². The topological polar surface area (TPSA) is 12.4 Å². The number of rotatable bonds is 1. The summed E-state index contributed by atoms with van der Waals surface area (Å²) in [4.78, 5) is 3.83. The first-order valence-electron chi connectivity index (χ1n) is 4.33. The van der Waals surface area contributed by atoms with Crippen LogP contribution in [0.4, 0.5) is 4.39 Å². The molecule has 1 nitrogen and oxygen atoms in total. The average molecular weight is 175 g/mol. The standard InChI is InChI=1S/C11H10FN/c12-11-6-4-2-1-3-5-10(11)9-7-13-8-9/h1-2,4,6-8H,3,5H2/b2-1-,6-4-,11-10-. The van der Waals surface area contributed by atoms with Gasteiger partial charge in [0.1, 0.15) is 5.83 Å². The van der Waals surface area contributed by atoms with E-state index in [-0.39, 0.29) is 5.83 Å². The van der Waals surface area contributed by atoms with Crippen LogP contribution >= 0.6 is 0 Å². The fourth-order valence-electron chi connectivity index (χ4n) is 1.35. The smallest absolute Gasteiger partial charge is 0.127 e. The van der Waals surface area contributed by atoms with Crippen molar-refractivity contribution in [3.63, 3.8) is 0 Å². The molecule has 0 atom stereocenters. The molecule has 0 radical (unpaired) electrons. The zero-order valence-corrected chi connectivity index (χ0v) is 7.20. The van der Waals surface area contributed by atoms with Gasteiger partial charge in [-0.15, -0.1) is 0 Å². The molecule has 0 N–H and O–H groups in total. The van der Waals surface area contributed by atoms with E-state index in [2.05, 4.69) is 4.99 Å². The van der Waals surface area contributed by atoms with Crippen LogP contribution < -0.4 is 0 Å². The molecule has 13 heavy (non-hydrogen) atoms. The second kappa shape index (κ2) is 3.52. The lowest BCUT2D eigenvalue weighted by molar-refractivity contribution is 0.648. The number of nitrogens with zero attached hydrogens (tertiary/aromatic N) is 1. The SMILES string of the molecule is FC1=C(\C2=CN=C2)CC\C=C/C=C\1. The normalized spacial score (nSPS) is 31.3. The van der Waals surface area contributed by atoms with Crippen LogP contribution in [0.2, 0.25) is 0 Å². The Morgan fingerprint density at radius 2 is 2.15 bits per heavy atom. The molecule has 1 aliphatic heterocycles. The van der Waals surface area contributed by atoms with Crippen molar-refractivity contribution in [1.82, 2.24) is 0 Å². The molecule has 0 bridgehead atoms. The quantitative estimate of drug-likeness (QED) is 0.580. The van der Waals surface area contributed by atoms with Crippen LogP contribution in [-0.2, 0) is 0 Å². The summed E-state index contributed by atoms with van der Waals surface area (Å²) in [5.74, 6) is -0.137. The van der Waals surface area contributed by atoms with E-state index in [1.54, 1.807) is 18.5 Å². The summed E-state index contributed by atoms with van der Waals surface area (Å²) >= 11 is 0. The van der Waals surface area contributed by atoms with Crippen LogP contribution in [-0.4, -0.2) is 6.21 Å². The summed E-state index contributed by atoms with van der Waals surface area (Å²) in [5, 5.41) is 0. The van der Waals surface area contributed by atoms with E-state index < -0.39 is 0 Å². The summed E-state index contributed by atoms with van der Waals surface area (Å²) in [7, 11) is 0. The van der Waals surface area contributed by atoms with Gasteiger partial charge in [-0.05, 0) is 24.5 Å². The third-order valence-electron chi connectivity index (χ3n) is 2.11. The number of halogens is 1. The molecule has 2 heteroatoms. The molecule has 0 saturated carbocycles. The van der Waals surface area contributed by atoms with Gasteiger partial charge in [0.05, 0.1) is 0 Å². The molecule has 0 spiro atoms. The van der Waals surface area contributed by atoms with Gasteiger partial charge in [-0.1, -0.05) is 18.2 Å². The van der Waals surface area contributed by atoms with Gasteiger partial charge in [-0.2, -0.15) is 0 Å². The van der Waals surface area contributed by atoms with Crippen molar-refractivity contribution in [1.29, 1.82) is 0 Å². The van der Waals surface area contributed by atoms with E-state index in [4.69, 9.17) is 0 Å². The van der Waals surface area contributed by atoms with Crippen LogP contribution in [0.25, 0.3) is 0 Å². The first kappa shape index (κ1) is 8.17. The van der Waals surface area contributed by atoms with Crippen molar-refractivity contribution in [2.75, 3.05) is 0 Å². The van der Waals surface area contributed by atoms with E-state index in [1.807, 2.05) is 12.2 Å². The molecule has 1 aliphatic carbocycles. The van der Waals surface area contributed by atoms with E-state index in [0.29, 0.717) is 0 Å². The molecular formula is C11H10FN. The van der Waals surface area contributed by atoms with Crippen molar-refractivity contribution in [2.45, 2.75) is 12.8 Å². The lowest BCUT2D eigenvalue weighted by Gasteiger charge is -2.11. The van der Waals surface area contributed by atoms with Crippen LogP contribution in [0.5, 0.6) is 0 Å². The largest absolute Gasteiger partial charge is 0.263 e. The molecule has 0 aromatic rings. The van der Waals surface area contributed by atoms with E-state index >= 15 is 0 Å². The molecule has 66 valence electrons. The molecule has 0 saturated heterocycles. The number of aliphatic imine (C=N–C) groups is 1. The average Bonchev–Trinajstić information content (AvgIpc) is 2.01. The van der Waals surface area contributed by atoms with Crippen molar-refractivity contribution in [3.8, 4) is 0 Å². The predicted molar refractivity (Wildman–Crippen MR) is 52.2 cm³/mol. The van der Waals surface area contributed by atoms with Gasteiger partial charge in [0.15, 0.2) is 0 Å². The van der Waals surface area contributed by atoms with Gasteiger partial charge in [0, 0.05) is 18.0 Å². The summed E-state index contributed by atoms with van der Waals surface area (Å²) in [6.07, 6.45) is 12.2. The first-order valence-corrected chi connectivity index (χ1v) is 4.33. The zero-order chi connectivity index (χ0) is 9.10. The van der Waals surface area contributed by atoms with Crippen molar-refractivity contribution < 1.29 is 4.39 Å². The Labute approximate surface area is 76.7 Å². The number of hydrogen-bond acceptors (Lipinski definition) is 1. The third kappa shape index (κ3) is 1.66. The van der Waals surface area contributed by atoms with Gasteiger partial charge in [-0.25, -0.2) is 4.39 Å². The molecule has 0 unspecified atom stereocenters. The molecule has 0 fully saturated rings. The zero-order valence-electron chi connectivity index (χ0n) is 7.20. The maximum atomic E-state index is 13.4. The molecule has 0 aromatic heterocycles. The summed E-state index contributed by atoms with van der Waals surface area (Å²) in [5.41, 5.74) is 1.70. The maximum absolute atomic E-state index is 13.4. The highest BCUT2D eigenvalue weighted by atomic mass is 19.1. The van der Waals surface area contributed by atoms with Gasteiger partial charge in [0.2, 0.25) is 0 Å². The second-order valence-electron chi connectivity index (χ2n) is 3.02. The Morgan fingerprint density at radius 3 is 2.85 bits per heavy atom. The molecule has 2 rings (SSSR count). The van der Waals surface area contributed by atoms with E-state index in [0.717, 1.165) is 24.0 Å². The Kier molecular flexibility index (Phi) is 2.21. The fourth-order valence-corrected chi connectivity index (χ4v) is 1.35. The number of hydrogen-bond donors (Lipinski definition) is 0. The van der Waals surface area contributed by atoms with Crippen LogP contribution in [0.3, 0.4) is 0 Å². The summed E-state index contributed by atoms with van der Waals surface area (Å²) in [6, 6.07) is 0. The van der Waals surface area contributed by atoms with Crippen LogP contribution in [0.1, 0.15) is 12.8 Å². The minimum absolute atomic E-state index is 0.137. The van der Waals surface area contributed by atoms with Crippen molar-refractivity contribution in [2.24, 2.45) is 4.99 Å². The Hall–Kier alpha value is -1.44. The second-order valence-corrected chi connectivity index (χ2v) is 3.02. The van der Waals surface area contributed by atoms with E-state index in [1.165, 1.54) is 6.08 Å². The molecule has 0 aromatic carbocycles. The monoisotopic (exact) mass is 175 g/mol. The lowest BCUT2D eigenvalue weighted by Crippen LogP contribution is -1.99. The predicted octanol–water partition coefficient (Wildman–Crippen LogP) is 3.08. The lowest BCUT2D eigenvalue weighted by atomic mass is 9.98. The highest BCUT2D eigenvalue weighted by Crippen LogP contribution is 2.25. The fraction of sp³-hybridized carbons (Fsp3) is 0.182. The molecule has 1 heterocycles. The highest BCUT2D eigenvalue weighted by Gasteiger charge is 2.11. The highest BCUT2D eigenvalue weighted by molar-refractivity contribution is 5.90. The van der Waals surface area contributed by atoms with Crippen molar-refractivity contribution >= 4 is 6.21 Å². The number of allylic oxidation sites excluding steroid dienone is 7. The summed E-state index contributed by atoms with van der Waals surface area (Å²) in [6.45, 7) is 0. The van der Waals surface area contributed by atoms with Crippen LogP contribution in [0.15, 0.2) is 52.5 Å². The minimum Gasteiger partial charge on any atom is -0.263 e. The van der Waals surface area contributed by atoms with Crippen LogP contribution in [0, 0.1) is 0 Å². The molecule has 2 aliphatic rings.